The number of hydrogen-bond acceptors (Lipinski definition) is 5. The van der Waals surface area contributed by atoms with Crippen LogP contribution in [0.5, 0.6) is 0 Å². The van der Waals surface area contributed by atoms with Gasteiger partial charge in [0.1, 0.15) is 6.20 Å². The van der Waals surface area contributed by atoms with Gasteiger partial charge in [0.15, 0.2) is 0 Å². The third kappa shape index (κ3) is 2.34. The van der Waals surface area contributed by atoms with Gasteiger partial charge in [-0.3, -0.25) is 9.78 Å². The summed E-state index contributed by atoms with van der Waals surface area (Å²) in [7, 11) is 0. The summed E-state index contributed by atoms with van der Waals surface area (Å²) >= 11 is 0. The van der Waals surface area contributed by atoms with Crippen LogP contribution < -0.4 is 16.6 Å². The highest BCUT2D eigenvalue weighted by atomic mass is 16.1. The third-order valence-corrected chi connectivity index (χ3v) is 1.01. The molecule has 60 valence electrons. The lowest BCUT2D eigenvalue weighted by Gasteiger charge is -1.99. The second-order valence-electron chi connectivity index (χ2n) is 1.90. The van der Waals surface area contributed by atoms with Crippen LogP contribution in [-0.4, -0.2) is 28.3 Å². The molecule has 0 aliphatic heterocycles. The molecule has 1 rings (SSSR count). The van der Waals surface area contributed by atoms with E-state index in [-0.39, 0.29) is 5.56 Å². The molecule has 0 aliphatic carbocycles. The van der Waals surface area contributed by atoms with Crippen molar-refractivity contribution in [1.29, 1.82) is 0 Å². The predicted molar refractivity (Wildman–Crippen MR) is 40.2 cm³/mol. The maximum absolute atomic E-state index is 10.6. The zero-order valence-electron chi connectivity index (χ0n) is 5.87. The van der Waals surface area contributed by atoms with E-state index in [9.17, 15) is 4.79 Å². The van der Waals surface area contributed by atoms with Crippen LogP contribution >= 0.6 is 0 Å². The highest BCUT2D eigenvalue weighted by Gasteiger charge is 1.91. The number of nitrogens with one attached hydrogen (secondary N) is 2. The smallest absolute Gasteiger partial charge is 0.271 e. The van der Waals surface area contributed by atoms with Crippen molar-refractivity contribution in [3.05, 3.63) is 16.6 Å². The number of hydrogen-bond donors (Lipinski definition) is 3. The lowest BCUT2D eigenvalue weighted by atomic mass is 10.6. The molecule has 0 aliphatic rings. The summed E-state index contributed by atoms with van der Waals surface area (Å²) in [5.41, 5.74) is 4.93. The Labute approximate surface area is 62.8 Å². The summed E-state index contributed by atoms with van der Waals surface area (Å²) in [5, 5.41) is 9.83. The summed E-state index contributed by atoms with van der Waals surface area (Å²) in [5.74, 6) is 0.350. The summed E-state index contributed by atoms with van der Waals surface area (Å²) < 4.78 is 0. The van der Waals surface area contributed by atoms with E-state index in [1.165, 1.54) is 0 Å². The van der Waals surface area contributed by atoms with E-state index in [1.807, 2.05) is 0 Å². The molecule has 0 saturated carbocycles. The van der Waals surface area contributed by atoms with Crippen molar-refractivity contribution in [2.45, 2.75) is 0 Å². The molecule has 0 radical (unpaired) electrons. The minimum absolute atomic E-state index is 0.278. The average Bonchev–Trinajstić information content (AvgIpc) is 2.01. The van der Waals surface area contributed by atoms with E-state index in [1.54, 1.807) is 0 Å². The van der Waals surface area contributed by atoms with Crippen LogP contribution in [0.4, 0.5) is 5.95 Å². The van der Waals surface area contributed by atoms with E-state index in [4.69, 9.17) is 5.73 Å². The van der Waals surface area contributed by atoms with Crippen molar-refractivity contribution < 1.29 is 0 Å². The molecule has 1 aromatic heterocycles. The van der Waals surface area contributed by atoms with E-state index >= 15 is 0 Å². The Bertz CT molecular complexity index is 270. The minimum atomic E-state index is -0.278. The average molecular weight is 155 g/mol. The van der Waals surface area contributed by atoms with Crippen LogP contribution in [0.2, 0.25) is 0 Å². The van der Waals surface area contributed by atoms with Gasteiger partial charge in [-0.1, -0.05) is 0 Å². The fourth-order valence-corrected chi connectivity index (χ4v) is 0.583. The van der Waals surface area contributed by atoms with Crippen molar-refractivity contribution in [3.63, 3.8) is 0 Å². The molecular formula is C5H9N5O. The zero-order chi connectivity index (χ0) is 8.10. The van der Waals surface area contributed by atoms with Gasteiger partial charge in [0.25, 0.3) is 5.56 Å². The summed E-state index contributed by atoms with van der Waals surface area (Å²) in [6, 6.07) is 0. The number of nitrogens with zero attached hydrogens (tertiary/aromatic N) is 2. The SMILES string of the molecule is NCCNc1nncc(=O)[nH]1. The van der Waals surface area contributed by atoms with Crippen LogP contribution in [0.25, 0.3) is 0 Å². The molecule has 4 N–H and O–H groups in total. The maximum Gasteiger partial charge on any atom is 0.271 e. The molecule has 0 aromatic carbocycles. The van der Waals surface area contributed by atoms with E-state index in [0.717, 1.165) is 6.20 Å². The molecule has 0 atom stereocenters. The molecule has 11 heavy (non-hydrogen) atoms. The molecule has 0 fully saturated rings. The highest BCUT2D eigenvalue weighted by Crippen LogP contribution is 1.85. The first-order chi connectivity index (χ1) is 5.33. The molecule has 0 saturated heterocycles. The van der Waals surface area contributed by atoms with Gasteiger partial charge in [-0.2, -0.15) is 0 Å². The molecule has 0 spiro atoms. The van der Waals surface area contributed by atoms with Gasteiger partial charge in [-0.15, -0.1) is 10.2 Å². The van der Waals surface area contributed by atoms with Crippen molar-refractivity contribution in [3.8, 4) is 0 Å². The standard InChI is InChI=1S/C5H9N5O/c6-1-2-7-5-9-4(11)3-8-10-5/h3H,1-2,6H2,(H2,7,9,10,11). The van der Waals surface area contributed by atoms with Gasteiger partial charge in [-0.25, -0.2) is 0 Å². The van der Waals surface area contributed by atoms with Crippen molar-refractivity contribution in [1.82, 2.24) is 15.2 Å². The first kappa shape index (κ1) is 7.67. The molecule has 1 aromatic rings. The second kappa shape index (κ2) is 3.67. The number of aromatic nitrogens is 3. The largest absolute Gasteiger partial charge is 0.353 e. The molecule has 0 unspecified atom stereocenters. The van der Waals surface area contributed by atoms with Crippen molar-refractivity contribution in [2.24, 2.45) is 5.73 Å². The van der Waals surface area contributed by atoms with Gasteiger partial charge >= 0.3 is 0 Å². The molecule has 6 nitrogen and oxygen atoms in total. The van der Waals surface area contributed by atoms with Gasteiger partial charge in [0.05, 0.1) is 0 Å². The normalized spacial score (nSPS) is 9.55. The second-order valence-corrected chi connectivity index (χ2v) is 1.90. The molecule has 0 amide bonds. The van der Waals surface area contributed by atoms with Gasteiger partial charge in [0.2, 0.25) is 5.95 Å². The minimum Gasteiger partial charge on any atom is -0.353 e. The van der Waals surface area contributed by atoms with Gasteiger partial charge in [-0.05, 0) is 0 Å². The number of H-pyrrole nitrogens is 1. The van der Waals surface area contributed by atoms with Crippen LogP contribution in [0.15, 0.2) is 11.0 Å². The first-order valence-electron chi connectivity index (χ1n) is 3.19. The number of rotatable bonds is 3. The first-order valence-corrected chi connectivity index (χ1v) is 3.19. The van der Waals surface area contributed by atoms with Crippen LogP contribution in [0, 0.1) is 0 Å². The maximum atomic E-state index is 10.6. The molecule has 6 heteroatoms. The molecule has 0 bridgehead atoms. The zero-order valence-corrected chi connectivity index (χ0v) is 5.87. The van der Waals surface area contributed by atoms with Crippen molar-refractivity contribution in [2.75, 3.05) is 18.4 Å². The topological polar surface area (TPSA) is 96.7 Å². The Morgan fingerprint density at radius 2 is 2.55 bits per heavy atom. The van der Waals surface area contributed by atoms with Crippen LogP contribution in [0.3, 0.4) is 0 Å². The Morgan fingerprint density at radius 1 is 1.73 bits per heavy atom. The van der Waals surface area contributed by atoms with Crippen LogP contribution in [0.1, 0.15) is 0 Å². The monoisotopic (exact) mass is 155 g/mol. The summed E-state index contributed by atoms with van der Waals surface area (Å²) in [6.07, 6.45) is 1.10. The molecule has 1 heterocycles. The Morgan fingerprint density at radius 3 is 3.18 bits per heavy atom. The Balaban J connectivity index is 2.64. The van der Waals surface area contributed by atoms with E-state index < -0.39 is 0 Å². The highest BCUT2D eigenvalue weighted by molar-refractivity contribution is 5.19. The number of aromatic amines is 1. The fraction of sp³-hybridized carbons (Fsp3) is 0.400. The Hall–Kier alpha value is -1.43. The predicted octanol–water partition coefficient (Wildman–Crippen LogP) is -1.46. The molecular weight excluding hydrogens is 146 g/mol. The fourth-order valence-electron chi connectivity index (χ4n) is 0.583. The van der Waals surface area contributed by atoms with Gasteiger partial charge in [0, 0.05) is 13.1 Å². The quantitative estimate of drug-likeness (QED) is 0.495. The van der Waals surface area contributed by atoms with Crippen LogP contribution in [-0.2, 0) is 0 Å². The van der Waals surface area contributed by atoms with Crippen molar-refractivity contribution >= 4 is 5.95 Å². The Kier molecular flexibility index (Phi) is 2.56. The van der Waals surface area contributed by atoms with E-state index in [0.29, 0.717) is 19.0 Å². The summed E-state index contributed by atoms with van der Waals surface area (Å²) in [4.78, 5) is 13.1. The third-order valence-electron chi connectivity index (χ3n) is 1.01. The number of anilines is 1. The number of nitrogens with two attached hydrogens (primary N) is 1. The lowest BCUT2D eigenvalue weighted by Crippen LogP contribution is -2.18. The lowest BCUT2D eigenvalue weighted by molar-refractivity contribution is 0.913. The summed E-state index contributed by atoms with van der Waals surface area (Å²) in [6.45, 7) is 1.05. The van der Waals surface area contributed by atoms with Gasteiger partial charge < -0.3 is 11.1 Å². The van der Waals surface area contributed by atoms with E-state index in [2.05, 4.69) is 20.5 Å².